The minimum absolute atomic E-state index is 0.0571. The fourth-order valence-corrected chi connectivity index (χ4v) is 4.12. The van der Waals surface area contributed by atoms with E-state index in [1.807, 2.05) is 56.3 Å². The van der Waals surface area contributed by atoms with Crippen molar-refractivity contribution < 1.29 is 23.9 Å². The monoisotopic (exact) mass is 481 g/mol. The summed E-state index contributed by atoms with van der Waals surface area (Å²) in [5, 5.41) is 5.71. The highest BCUT2D eigenvalue weighted by molar-refractivity contribution is 5.94. The normalized spacial score (nSPS) is 15.6. The number of piperidine rings is 1. The van der Waals surface area contributed by atoms with Crippen LogP contribution in [0.15, 0.2) is 54.6 Å². The minimum Gasteiger partial charge on any atom is -0.495 e. The number of carbonyl (C=O) groups excluding carboxylic acids is 3. The first-order chi connectivity index (χ1) is 16.9. The molecule has 1 heterocycles. The molecule has 2 aromatic carbocycles. The Kier molecular flexibility index (Phi) is 9.52. The van der Waals surface area contributed by atoms with Crippen molar-refractivity contribution in [2.45, 2.75) is 45.8 Å². The van der Waals surface area contributed by atoms with Crippen molar-refractivity contribution >= 4 is 23.6 Å². The molecule has 35 heavy (non-hydrogen) atoms. The van der Waals surface area contributed by atoms with Crippen LogP contribution in [0.4, 0.5) is 10.5 Å². The smallest absolute Gasteiger partial charge is 0.408 e. The van der Waals surface area contributed by atoms with Gasteiger partial charge in [0.1, 0.15) is 18.4 Å². The van der Waals surface area contributed by atoms with E-state index in [9.17, 15) is 14.4 Å². The first-order valence-corrected chi connectivity index (χ1v) is 12.1. The second-order valence-electron chi connectivity index (χ2n) is 8.86. The molecule has 8 nitrogen and oxygen atoms in total. The molecule has 0 spiro atoms. The van der Waals surface area contributed by atoms with E-state index in [-0.39, 0.29) is 30.3 Å². The molecule has 3 rings (SSSR count). The van der Waals surface area contributed by atoms with E-state index >= 15 is 0 Å². The van der Waals surface area contributed by atoms with E-state index in [0.29, 0.717) is 37.4 Å². The summed E-state index contributed by atoms with van der Waals surface area (Å²) in [6.45, 7) is 4.97. The Balaban J connectivity index is 1.53. The van der Waals surface area contributed by atoms with E-state index in [2.05, 4.69) is 10.6 Å². The van der Waals surface area contributed by atoms with E-state index < -0.39 is 12.1 Å². The number of para-hydroxylation sites is 2. The zero-order valence-corrected chi connectivity index (χ0v) is 20.7. The first-order valence-electron chi connectivity index (χ1n) is 12.1. The van der Waals surface area contributed by atoms with E-state index in [1.54, 1.807) is 24.1 Å². The number of rotatable bonds is 9. The van der Waals surface area contributed by atoms with Gasteiger partial charge in [-0.1, -0.05) is 62.7 Å². The molecular weight excluding hydrogens is 446 g/mol. The van der Waals surface area contributed by atoms with Crippen LogP contribution in [0.1, 0.15) is 38.7 Å². The molecule has 188 valence electrons. The van der Waals surface area contributed by atoms with Crippen molar-refractivity contribution in [2.75, 3.05) is 25.5 Å². The highest BCUT2D eigenvalue weighted by Crippen LogP contribution is 2.26. The summed E-state index contributed by atoms with van der Waals surface area (Å²) in [6.07, 6.45) is 1.22. The van der Waals surface area contributed by atoms with Gasteiger partial charge < -0.3 is 25.0 Å². The van der Waals surface area contributed by atoms with E-state index in [4.69, 9.17) is 9.47 Å². The number of alkyl carbamates (subject to hydrolysis) is 1. The van der Waals surface area contributed by atoms with E-state index in [1.165, 1.54) is 0 Å². The fraction of sp³-hybridized carbons (Fsp3) is 0.444. The molecule has 1 saturated heterocycles. The Bertz CT molecular complexity index is 989. The van der Waals surface area contributed by atoms with Gasteiger partial charge in [0.2, 0.25) is 11.8 Å². The third-order valence-electron chi connectivity index (χ3n) is 6.51. The molecule has 3 amide bonds. The molecule has 0 bridgehead atoms. The number of benzene rings is 2. The molecule has 1 aliphatic rings. The summed E-state index contributed by atoms with van der Waals surface area (Å²) < 4.78 is 10.6. The lowest BCUT2D eigenvalue weighted by Gasteiger charge is -2.35. The fourth-order valence-electron chi connectivity index (χ4n) is 4.12. The van der Waals surface area contributed by atoms with Crippen LogP contribution in [0.2, 0.25) is 0 Å². The van der Waals surface area contributed by atoms with Gasteiger partial charge >= 0.3 is 6.09 Å². The van der Waals surface area contributed by atoms with Crippen LogP contribution in [-0.4, -0.2) is 49.0 Å². The average Bonchev–Trinajstić information content (AvgIpc) is 2.90. The van der Waals surface area contributed by atoms with Gasteiger partial charge in [-0.25, -0.2) is 4.79 Å². The molecule has 0 radical (unpaired) electrons. The zero-order chi connectivity index (χ0) is 25.2. The largest absolute Gasteiger partial charge is 0.495 e. The summed E-state index contributed by atoms with van der Waals surface area (Å²) in [5.41, 5.74) is 1.51. The average molecular weight is 482 g/mol. The number of anilines is 1. The number of amides is 3. The molecule has 0 saturated carbocycles. The lowest BCUT2D eigenvalue weighted by atomic mass is 9.93. The number of hydrogen-bond donors (Lipinski definition) is 2. The summed E-state index contributed by atoms with van der Waals surface area (Å²) in [7, 11) is 1.56. The van der Waals surface area contributed by atoms with Crippen molar-refractivity contribution in [3.05, 3.63) is 60.2 Å². The first kappa shape index (κ1) is 26.1. The third-order valence-corrected chi connectivity index (χ3v) is 6.51. The predicted octanol–water partition coefficient (Wildman–Crippen LogP) is 4.21. The summed E-state index contributed by atoms with van der Waals surface area (Å²) in [6, 6.07) is 16.0. The highest BCUT2D eigenvalue weighted by Gasteiger charge is 2.34. The summed E-state index contributed by atoms with van der Waals surface area (Å²) in [4.78, 5) is 40.3. The standard InChI is InChI=1S/C27H35N3O5/c1-4-19(2)24(29-27(33)35-18-20-10-6-5-7-11-20)26(32)30-16-14-21(15-17-30)25(31)28-22-12-8-9-13-23(22)34-3/h5-13,19,21,24H,4,14-18H2,1-3H3,(H,28,31)(H,29,33)/t19-,24-/m0/s1. The minimum atomic E-state index is -0.678. The maximum absolute atomic E-state index is 13.3. The third kappa shape index (κ3) is 7.21. The Morgan fingerprint density at radius 1 is 1.03 bits per heavy atom. The number of nitrogens with one attached hydrogen (secondary N) is 2. The van der Waals surface area contributed by atoms with Crippen molar-refractivity contribution in [2.24, 2.45) is 11.8 Å². The van der Waals surface area contributed by atoms with Crippen LogP contribution >= 0.6 is 0 Å². The number of likely N-dealkylation sites (tertiary alicyclic amines) is 1. The van der Waals surface area contributed by atoms with Crippen molar-refractivity contribution in [1.82, 2.24) is 10.2 Å². The molecule has 2 atom stereocenters. The number of hydrogen-bond acceptors (Lipinski definition) is 5. The molecular formula is C27H35N3O5. The molecule has 0 aromatic heterocycles. The SMILES string of the molecule is CC[C@H](C)[C@H](NC(=O)OCc1ccccc1)C(=O)N1CCC(C(=O)Nc2ccccc2OC)CC1. The van der Waals surface area contributed by atoms with Gasteiger partial charge in [-0.15, -0.1) is 0 Å². The quantitative estimate of drug-likeness (QED) is 0.559. The molecule has 1 fully saturated rings. The zero-order valence-electron chi connectivity index (χ0n) is 20.7. The van der Waals surface area contributed by atoms with E-state index in [0.717, 1.165) is 12.0 Å². The number of carbonyl (C=O) groups is 3. The molecule has 0 aliphatic carbocycles. The summed E-state index contributed by atoms with van der Waals surface area (Å²) >= 11 is 0. The van der Waals surface area contributed by atoms with Gasteiger partial charge in [-0.2, -0.15) is 0 Å². The van der Waals surface area contributed by atoms with Crippen molar-refractivity contribution in [3.8, 4) is 5.75 Å². The van der Waals surface area contributed by atoms with Crippen LogP contribution in [0, 0.1) is 11.8 Å². The Hall–Kier alpha value is -3.55. The van der Waals surface area contributed by atoms with Crippen LogP contribution < -0.4 is 15.4 Å². The van der Waals surface area contributed by atoms with Gasteiger partial charge in [0.25, 0.3) is 0 Å². The molecule has 0 unspecified atom stereocenters. The number of ether oxygens (including phenoxy) is 2. The molecule has 2 aromatic rings. The predicted molar refractivity (Wildman–Crippen MR) is 134 cm³/mol. The molecule has 8 heteroatoms. The van der Waals surface area contributed by atoms with Gasteiger partial charge in [0, 0.05) is 19.0 Å². The van der Waals surface area contributed by atoms with Crippen molar-refractivity contribution in [1.29, 1.82) is 0 Å². The van der Waals surface area contributed by atoms with Gasteiger partial charge in [0.05, 0.1) is 12.8 Å². The highest BCUT2D eigenvalue weighted by atomic mass is 16.5. The Morgan fingerprint density at radius 2 is 1.69 bits per heavy atom. The topological polar surface area (TPSA) is 97.0 Å². The van der Waals surface area contributed by atoms with Crippen LogP contribution in [0.25, 0.3) is 0 Å². The lowest BCUT2D eigenvalue weighted by Crippen LogP contribution is -2.54. The Labute approximate surface area is 207 Å². The van der Waals surface area contributed by atoms with Crippen LogP contribution in [0.5, 0.6) is 5.75 Å². The molecule has 1 aliphatic heterocycles. The second-order valence-corrected chi connectivity index (χ2v) is 8.86. The maximum atomic E-state index is 13.3. The van der Waals surface area contributed by atoms with Crippen LogP contribution in [0.3, 0.4) is 0 Å². The maximum Gasteiger partial charge on any atom is 0.408 e. The van der Waals surface area contributed by atoms with Gasteiger partial charge in [-0.3, -0.25) is 9.59 Å². The van der Waals surface area contributed by atoms with Gasteiger partial charge in [0.15, 0.2) is 0 Å². The number of methoxy groups -OCH3 is 1. The van der Waals surface area contributed by atoms with Crippen LogP contribution in [-0.2, 0) is 20.9 Å². The van der Waals surface area contributed by atoms with Crippen molar-refractivity contribution in [3.63, 3.8) is 0 Å². The Morgan fingerprint density at radius 3 is 2.34 bits per heavy atom. The molecule has 2 N–H and O–H groups in total. The lowest BCUT2D eigenvalue weighted by molar-refractivity contribution is -0.137. The van der Waals surface area contributed by atoms with Gasteiger partial charge in [-0.05, 0) is 36.5 Å². The summed E-state index contributed by atoms with van der Waals surface area (Å²) in [5.74, 6) is 0.130. The number of nitrogens with zero attached hydrogens (tertiary/aromatic N) is 1. The second kappa shape index (κ2) is 12.8.